The van der Waals surface area contributed by atoms with Gasteiger partial charge in [0, 0.05) is 0 Å². The van der Waals surface area contributed by atoms with E-state index >= 15 is 0 Å². The van der Waals surface area contributed by atoms with Crippen molar-refractivity contribution in [1.82, 2.24) is 0 Å². The number of aldehydes is 1. The van der Waals surface area contributed by atoms with Crippen molar-refractivity contribution in [3.05, 3.63) is 35.6 Å². The first-order chi connectivity index (χ1) is 7.26. The molecule has 3 nitrogen and oxygen atoms in total. The molecule has 0 saturated heterocycles. The molecule has 0 radical (unpaired) electrons. The SMILES string of the molecule is CCc1cc(/C(C=O)=C/O)ccc1OC. The minimum Gasteiger partial charge on any atom is -0.515 e. The van der Waals surface area contributed by atoms with Crippen LogP contribution in [0.2, 0.25) is 0 Å². The Morgan fingerprint density at radius 3 is 2.73 bits per heavy atom. The van der Waals surface area contributed by atoms with Crippen LogP contribution in [0, 0.1) is 0 Å². The van der Waals surface area contributed by atoms with Gasteiger partial charge >= 0.3 is 0 Å². The predicted molar refractivity (Wildman–Crippen MR) is 59.0 cm³/mol. The van der Waals surface area contributed by atoms with Crippen LogP contribution in [-0.2, 0) is 11.2 Å². The Kier molecular flexibility index (Phi) is 3.92. The van der Waals surface area contributed by atoms with Crippen molar-refractivity contribution >= 4 is 11.9 Å². The Labute approximate surface area is 89.0 Å². The van der Waals surface area contributed by atoms with E-state index in [1.807, 2.05) is 13.0 Å². The van der Waals surface area contributed by atoms with Gasteiger partial charge in [-0.3, -0.25) is 4.79 Å². The Hall–Kier alpha value is -1.77. The zero-order valence-electron chi connectivity index (χ0n) is 8.86. The number of carbonyl (C=O) groups excluding carboxylic acids is 1. The van der Waals surface area contributed by atoms with Gasteiger partial charge in [0.1, 0.15) is 5.75 Å². The molecule has 0 bridgehead atoms. The van der Waals surface area contributed by atoms with Gasteiger partial charge in [0.2, 0.25) is 0 Å². The number of aliphatic hydroxyl groups excluding tert-OH is 1. The van der Waals surface area contributed by atoms with Crippen LogP contribution < -0.4 is 4.74 Å². The molecule has 1 aromatic carbocycles. The van der Waals surface area contributed by atoms with Crippen molar-refractivity contribution in [1.29, 1.82) is 0 Å². The van der Waals surface area contributed by atoms with Crippen LogP contribution in [0.3, 0.4) is 0 Å². The van der Waals surface area contributed by atoms with Gasteiger partial charge in [0.05, 0.1) is 18.9 Å². The van der Waals surface area contributed by atoms with E-state index in [-0.39, 0.29) is 5.57 Å². The molecule has 0 unspecified atom stereocenters. The smallest absolute Gasteiger partial charge is 0.153 e. The summed E-state index contributed by atoms with van der Waals surface area (Å²) >= 11 is 0. The number of aliphatic hydroxyl groups is 1. The van der Waals surface area contributed by atoms with Gasteiger partial charge in [-0.15, -0.1) is 0 Å². The molecule has 0 aromatic heterocycles. The van der Waals surface area contributed by atoms with Gasteiger partial charge in [-0.2, -0.15) is 0 Å². The third-order valence-electron chi connectivity index (χ3n) is 2.26. The minimum absolute atomic E-state index is 0.271. The third kappa shape index (κ3) is 2.37. The van der Waals surface area contributed by atoms with Crippen LogP contribution in [0.15, 0.2) is 24.5 Å². The summed E-state index contributed by atoms with van der Waals surface area (Å²) in [6, 6.07) is 5.38. The molecule has 0 saturated carbocycles. The highest BCUT2D eigenvalue weighted by Gasteiger charge is 2.05. The number of aryl methyl sites for hydroxylation is 1. The average Bonchev–Trinajstić information content (AvgIpc) is 2.30. The van der Waals surface area contributed by atoms with E-state index in [1.165, 1.54) is 0 Å². The van der Waals surface area contributed by atoms with Gasteiger partial charge in [-0.05, 0) is 29.7 Å². The first-order valence-corrected chi connectivity index (χ1v) is 4.73. The van der Waals surface area contributed by atoms with Crippen molar-refractivity contribution in [3.8, 4) is 5.75 Å². The van der Waals surface area contributed by atoms with Gasteiger partial charge in [0.15, 0.2) is 6.29 Å². The largest absolute Gasteiger partial charge is 0.515 e. The predicted octanol–water partition coefficient (Wildman–Crippen LogP) is 2.36. The normalized spacial score (nSPS) is 11.2. The number of benzene rings is 1. The third-order valence-corrected chi connectivity index (χ3v) is 2.26. The Morgan fingerprint density at radius 2 is 2.27 bits per heavy atom. The molecule has 0 aliphatic carbocycles. The van der Waals surface area contributed by atoms with Gasteiger partial charge in [-0.1, -0.05) is 13.0 Å². The molecular formula is C12H14O3. The summed E-state index contributed by atoms with van der Waals surface area (Å²) in [5, 5.41) is 8.85. The molecule has 1 N–H and O–H groups in total. The molecule has 0 atom stereocenters. The number of ether oxygens (including phenoxy) is 1. The average molecular weight is 206 g/mol. The van der Waals surface area contributed by atoms with Gasteiger partial charge in [0.25, 0.3) is 0 Å². The molecule has 1 rings (SSSR count). The summed E-state index contributed by atoms with van der Waals surface area (Å²) in [5.74, 6) is 0.796. The standard InChI is InChI=1S/C12H14O3/c1-3-9-6-10(11(7-13)8-14)4-5-12(9)15-2/h4-8,13H,3H2,1-2H3/b11-7+. The topological polar surface area (TPSA) is 46.5 Å². The summed E-state index contributed by atoms with van der Waals surface area (Å²) in [6.07, 6.45) is 2.25. The van der Waals surface area contributed by atoms with Gasteiger partial charge in [-0.25, -0.2) is 0 Å². The second-order valence-corrected chi connectivity index (χ2v) is 3.08. The minimum atomic E-state index is 0.271. The summed E-state index contributed by atoms with van der Waals surface area (Å²) < 4.78 is 5.17. The van der Waals surface area contributed by atoms with Gasteiger partial charge < -0.3 is 9.84 Å². The summed E-state index contributed by atoms with van der Waals surface area (Å²) in [7, 11) is 1.61. The lowest BCUT2D eigenvalue weighted by molar-refractivity contribution is -0.103. The molecule has 3 heteroatoms. The number of allylic oxidation sites excluding steroid dienone is 1. The maximum absolute atomic E-state index is 10.6. The van der Waals surface area contributed by atoms with Crippen LogP contribution in [0.5, 0.6) is 5.75 Å². The van der Waals surface area contributed by atoms with Crippen molar-refractivity contribution < 1.29 is 14.6 Å². The molecule has 0 aliphatic heterocycles. The lowest BCUT2D eigenvalue weighted by atomic mass is 10.0. The maximum atomic E-state index is 10.6. The molecule has 1 aromatic rings. The van der Waals surface area contributed by atoms with E-state index in [1.54, 1.807) is 19.2 Å². The highest BCUT2D eigenvalue weighted by molar-refractivity contribution is 6.06. The highest BCUT2D eigenvalue weighted by atomic mass is 16.5. The van der Waals surface area contributed by atoms with Crippen molar-refractivity contribution in [2.75, 3.05) is 7.11 Å². The molecule has 0 heterocycles. The Bertz CT molecular complexity index is 380. The van der Waals surface area contributed by atoms with E-state index in [0.29, 0.717) is 11.8 Å². The lowest BCUT2D eigenvalue weighted by Gasteiger charge is -2.08. The van der Waals surface area contributed by atoms with E-state index in [2.05, 4.69) is 0 Å². The van der Waals surface area contributed by atoms with Crippen LogP contribution in [0.25, 0.3) is 5.57 Å². The molecule has 80 valence electrons. The molecular weight excluding hydrogens is 192 g/mol. The molecule has 0 spiro atoms. The molecule has 0 amide bonds. The zero-order chi connectivity index (χ0) is 11.3. The van der Waals surface area contributed by atoms with E-state index < -0.39 is 0 Å². The fourth-order valence-electron chi connectivity index (χ4n) is 1.41. The van der Waals surface area contributed by atoms with Crippen LogP contribution >= 0.6 is 0 Å². The van der Waals surface area contributed by atoms with Crippen molar-refractivity contribution in [2.45, 2.75) is 13.3 Å². The van der Waals surface area contributed by atoms with Crippen LogP contribution in [0.4, 0.5) is 0 Å². The monoisotopic (exact) mass is 206 g/mol. The lowest BCUT2D eigenvalue weighted by Crippen LogP contribution is -1.93. The van der Waals surface area contributed by atoms with E-state index in [9.17, 15) is 4.79 Å². The fourth-order valence-corrected chi connectivity index (χ4v) is 1.41. The number of hydrogen-bond acceptors (Lipinski definition) is 3. The second-order valence-electron chi connectivity index (χ2n) is 3.08. The Morgan fingerprint density at radius 1 is 1.53 bits per heavy atom. The van der Waals surface area contributed by atoms with Crippen LogP contribution in [-0.4, -0.2) is 18.5 Å². The number of hydrogen-bond donors (Lipinski definition) is 1. The molecule has 0 fully saturated rings. The van der Waals surface area contributed by atoms with E-state index in [4.69, 9.17) is 9.84 Å². The zero-order valence-corrected chi connectivity index (χ0v) is 8.86. The number of methoxy groups -OCH3 is 1. The van der Waals surface area contributed by atoms with Crippen molar-refractivity contribution in [2.24, 2.45) is 0 Å². The van der Waals surface area contributed by atoms with E-state index in [0.717, 1.165) is 24.0 Å². The summed E-state index contributed by atoms with van der Waals surface area (Å²) in [4.78, 5) is 10.6. The van der Waals surface area contributed by atoms with Crippen molar-refractivity contribution in [3.63, 3.8) is 0 Å². The first kappa shape index (κ1) is 11.3. The quantitative estimate of drug-likeness (QED) is 0.467. The molecule has 15 heavy (non-hydrogen) atoms. The molecule has 0 aliphatic rings. The van der Waals surface area contributed by atoms with Crippen LogP contribution in [0.1, 0.15) is 18.1 Å². The maximum Gasteiger partial charge on any atom is 0.153 e. The fraction of sp³-hybridized carbons (Fsp3) is 0.250. The Balaban J connectivity index is 3.18. The second kappa shape index (κ2) is 5.20. The number of rotatable bonds is 4. The summed E-state index contributed by atoms with van der Waals surface area (Å²) in [6.45, 7) is 2.00. The first-order valence-electron chi connectivity index (χ1n) is 4.73. The summed E-state index contributed by atoms with van der Waals surface area (Å²) in [5.41, 5.74) is 1.98. The number of carbonyl (C=O) groups is 1. The highest BCUT2D eigenvalue weighted by Crippen LogP contribution is 2.23.